The number of rotatable bonds is 6. The molecule has 3 rings (SSSR count). The summed E-state index contributed by atoms with van der Waals surface area (Å²) in [7, 11) is 1.87. The number of hydrogen-bond acceptors (Lipinski definition) is 4. The Kier molecular flexibility index (Phi) is 7.89. The van der Waals surface area contributed by atoms with E-state index in [1.807, 2.05) is 38.2 Å². The van der Waals surface area contributed by atoms with Crippen LogP contribution in [0.15, 0.2) is 36.4 Å². The summed E-state index contributed by atoms with van der Waals surface area (Å²) in [4.78, 5) is 21.3. The number of aromatic nitrogens is 2. The zero-order valence-corrected chi connectivity index (χ0v) is 16.9. The molecule has 0 bridgehead atoms. The zero-order chi connectivity index (χ0) is 20.5. The van der Waals surface area contributed by atoms with E-state index < -0.39 is 0 Å². The average molecular weight is 380 g/mol. The van der Waals surface area contributed by atoms with Crippen LogP contribution >= 0.6 is 0 Å². The highest BCUT2D eigenvalue weighted by Gasteiger charge is 2.17. The van der Waals surface area contributed by atoms with Crippen LogP contribution in [0.1, 0.15) is 35.3 Å². The van der Waals surface area contributed by atoms with Crippen molar-refractivity contribution in [3.63, 3.8) is 0 Å². The van der Waals surface area contributed by atoms with Gasteiger partial charge in [-0.3, -0.25) is 9.89 Å². The molecule has 0 fully saturated rings. The van der Waals surface area contributed by atoms with Gasteiger partial charge in [-0.25, -0.2) is 0 Å². The number of aromatic amines is 1. The predicted octanol–water partition coefficient (Wildman–Crippen LogP) is 3.26. The molecule has 6 nitrogen and oxygen atoms in total. The van der Waals surface area contributed by atoms with E-state index in [1.54, 1.807) is 0 Å². The summed E-state index contributed by atoms with van der Waals surface area (Å²) < 4.78 is 0. The van der Waals surface area contributed by atoms with E-state index in [0.29, 0.717) is 12.1 Å². The fourth-order valence-corrected chi connectivity index (χ4v) is 3.18. The molecule has 0 saturated heterocycles. The summed E-state index contributed by atoms with van der Waals surface area (Å²) in [5.41, 5.74) is 5.88. The maximum atomic E-state index is 12.5. The molecule has 0 radical (unpaired) electrons. The predicted molar refractivity (Wildman–Crippen MR) is 114 cm³/mol. The molecule has 0 atom stereocenters. The molecular weight excluding hydrogens is 352 g/mol. The number of hydrogen-bond donors (Lipinski definition) is 3. The summed E-state index contributed by atoms with van der Waals surface area (Å²) in [6.45, 7) is 6.92. The molecule has 0 spiro atoms. The SMILES string of the molecule is CC=O.CCc1ccccc1-c1n[nH]c2ccc(C(=O)NCCNC)c(C)c12. The van der Waals surface area contributed by atoms with Gasteiger partial charge in [-0.05, 0) is 50.6 Å². The topological polar surface area (TPSA) is 86.9 Å². The van der Waals surface area contributed by atoms with Crippen LogP contribution in [0.3, 0.4) is 0 Å². The number of carbonyl (C=O) groups is 2. The summed E-state index contributed by atoms with van der Waals surface area (Å²) in [5, 5.41) is 14.6. The molecule has 6 heteroatoms. The number of nitrogens with zero attached hydrogens (tertiary/aromatic N) is 1. The number of fused-ring (bicyclic) bond motifs is 1. The number of benzene rings is 2. The van der Waals surface area contributed by atoms with Crippen LogP contribution in [0.2, 0.25) is 0 Å². The smallest absolute Gasteiger partial charge is 0.251 e. The molecule has 3 aromatic rings. The minimum Gasteiger partial charge on any atom is -0.351 e. The van der Waals surface area contributed by atoms with Crippen molar-refractivity contribution in [2.45, 2.75) is 27.2 Å². The molecule has 0 saturated carbocycles. The van der Waals surface area contributed by atoms with Gasteiger partial charge in [0.25, 0.3) is 5.91 Å². The largest absolute Gasteiger partial charge is 0.351 e. The Hall–Kier alpha value is -2.99. The quantitative estimate of drug-likeness (QED) is 0.452. The first kappa shape index (κ1) is 21.3. The highest BCUT2D eigenvalue weighted by molar-refractivity contribution is 6.04. The van der Waals surface area contributed by atoms with Gasteiger partial charge >= 0.3 is 0 Å². The second-order valence-electron chi connectivity index (χ2n) is 6.34. The fourth-order valence-electron chi connectivity index (χ4n) is 3.18. The van der Waals surface area contributed by atoms with Crippen LogP contribution in [0.4, 0.5) is 0 Å². The second-order valence-corrected chi connectivity index (χ2v) is 6.34. The lowest BCUT2D eigenvalue weighted by atomic mass is 9.96. The van der Waals surface area contributed by atoms with E-state index >= 15 is 0 Å². The first-order valence-electron chi connectivity index (χ1n) is 9.47. The molecule has 2 aromatic carbocycles. The van der Waals surface area contributed by atoms with E-state index in [9.17, 15) is 4.79 Å². The number of amides is 1. The van der Waals surface area contributed by atoms with Crippen LogP contribution in [-0.4, -0.2) is 42.5 Å². The summed E-state index contributed by atoms with van der Waals surface area (Å²) in [6, 6.07) is 12.1. The first-order chi connectivity index (χ1) is 13.6. The minimum absolute atomic E-state index is 0.0504. The third-order valence-electron chi connectivity index (χ3n) is 4.55. The molecule has 0 aliphatic rings. The van der Waals surface area contributed by atoms with E-state index in [2.05, 4.69) is 39.9 Å². The van der Waals surface area contributed by atoms with Crippen molar-refractivity contribution in [1.29, 1.82) is 0 Å². The third-order valence-corrected chi connectivity index (χ3v) is 4.55. The summed E-state index contributed by atoms with van der Waals surface area (Å²) in [6.07, 6.45) is 1.69. The van der Waals surface area contributed by atoms with Crippen molar-refractivity contribution in [3.8, 4) is 11.3 Å². The van der Waals surface area contributed by atoms with Crippen molar-refractivity contribution >= 4 is 23.1 Å². The lowest BCUT2D eigenvalue weighted by Crippen LogP contribution is -2.30. The monoisotopic (exact) mass is 380 g/mol. The third kappa shape index (κ3) is 4.64. The van der Waals surface area contributed by atoms with Crippen molar-refractivity contribution in [2.75, 3.05) is 20.1 Å². The number of aldehydes is 1. The van der Waals surface area contributed by atoms with Crippen molar-refractivity contribution in [2.24, 2.45) is 0 Å². The Morgan fingerprint density at radius 3 is 2.57 bits per heavy atom. The highest BCUT2D eigenvalue weighted by Crippen LogP contribution is 2.32. The first-order valence-corrected chi connectivity index (χ1v) is 9.47. The number of carbonyl (C=O) groups excluding carboxylic acids is 2. The Balaban J connectivity index is 0.000000878. The molecule has 1 aromatic heterocycles. The molecule has 3 N–H and O–H groups in total. The number of likely N-dealkylation sites (N-methyl/N-ethyl adjacent to an activating group) is 1. The van der Waals surface area contributed by atoms with Gasteiger partial charge in [0.05, 0.1) is 5.52 Å². The molecule has 28 heavy (non-hydrogen) atoms. The van der Waals surface area contributed by atoms with E-state index in [4.69, 9.17) is 4.79 Å². The number of aryl methyl sites for hydroxylation is 2. The molecule has 148 valence electrons. The van der Waals surface area contributed by atoms with Crippen LogP contribution < -0.4 is 10.6 Å². The Bertz CT molecular complexity index is 947. The normalized spacial score (nSPS) is 10.3. The van der Waals surface area contributed by atoms with Gasteiger partial charge in [0.15, 0.2) is 0 Å². The molecule has 0 unspecified atom stereocenters. The fraction of sp³-hybridized carbons (Fsp3) is 0.318. The van der Waals surface area contributed by atoms with Crippen LogP contribution in [0.25, 0.3) is 22.2 Å². The van der Waals surface area contributed by atoms with E-state index in [-0.39, 0.29) is 5.91 Å². The van der Waals surface area contributed by atoms with Gasteiger partial charge in [0, 0.05) is 29.6 Å². The van der Waals surface area contributed by atoms with Gasteiger partial charge in [-0.15, -0.1) is 0 Å². The molecule has 0 aliphatic heterocycles. The Morgan fingerprint density at radius 1 is 1.18 bits per heavy atom. The van der Waals surface area contributed by atoms with Crippen LogP contribution in [0, 0.1) is 6.92 Å². The number of H-pyrrole nitrogens is 1. The highest BCUT2D eigenvalue weighted by atomic mass is 16.1. The number of nitrogens with one attached hydrogen (secondary N) is 3. The van der Waals surface area contributed by atoms with Gasteiger partial charge in [-0.2, -0.15) is 5.10 Å². The average Bonchev–Trinajstić information content (AvgIpc) is 3.14. The summed E-state index contributed by atoms with van der Waals surface area (Å²) in [5.74, 6) is -0.0504. The van der Waals surface area contributed by atoms with Gasteiger partial charge < -0.3 is 15.4 Å². The summed E-state index contributed by atoms with van der Waals surface area (Å²) >= 11 is 0. The molecule has 1 amide bonds. The Labute approximate surface area is 165 Å². The van der Waals surface area contributed by atoms with Crippen molar-refractivity contribution < 1.29 is 9.59 Å². The maximum absolute atomic E-state index is 12.5. The van der Waals surface area contributed by atoms with Gasteiger partial charge in [0.1, 0.15) is 12.0 Å². The molecule has 0 aliphatic carbocycles. The Morgan fingerprint density at radius 2 is 1.89 bits per heavy atom. The molecular formula is C22H28N4O2. The zero-order valence-electron chi connectivity index (χ0n) is 16.9. The lowest BCUT2D eigenvalue weighted by Gasteiger charge is -2.10. The van der Waals surface area contributed by atoms with Crippen molar-refractivity contribution in [3.05, 3.63) is 53.1 Å². The van der Waals surface area contributed by atoms with Gasteiger partial charge in [0.2, 0.25) is 0 Å². The second kappa shape index (κ2) is 10.4. The van der Waals surface area contributed by atoms with E-state index in [1.165, 1.54) is 12.5 Å². The molecule has 1 heterocycles. The lowest BCUT2D eigenvalue weighted by molar-refractivity contribution is -0.106. The maximum Gasteiger partial charge on any atom is 0.251 e. The van der Waals surface area contributed by atoms with Crippen LogP contribution in [-0.2, 0) is 11.2 Å². The minimum atomic E-state index is -0.0504. The van der Waals surface area contributed by atoms with Gasteiger partial charge in [-0.1, -0.05) is 31.2 Å². The van der Waals surface area contributed by atoms with E-state index in [0.717, 1.165) is 47.0 Å². The standard InChI is InChI=1S/C20H24N4O.C2H4O/c1-4-14-7-5-6-8-16(14)19-18-13(2)15(9-10-17(18)23-24-19)20(25)22-12-11-21-3;1-2-3/h5-10,21H,4,11-12H2,1-3H3,(H,22,25)(H,23,24);2H,1H3. The van der Waals surface area contributed by atoms with Crippen LogP contribution in [0.5, 0.6) is 0 Å². The van der Waals surface area contributed by atoms with Crippen molar-refractivity contribution in [1.82, 2.24) is 20.8 Å².